The van der Waals surface area contributed by atoms with E-state index in [1.807, 2.05) is 0 Å². The van der Waals surface area contributed by atoms with Crippen LogP contribution in [0.2, 0.25) is 0 Å². The van der Waals surface area contributed by atoms with Crippen molar-refractivity contribution in [2.45, 2.75) is 31.5 Å². The number of carboxylic acid groups (broad SMARTS) is 1. The molecule has 0 saturated heterocycles. The van der Waals surface area contributed by atoms with Crippen molar-refractivity contribution < 1.29 is 27.9 Å². The maximum absolute atomic E-state index is 11.7. The van der Waals surface area contributed by atoms with Crippen LogP contribution < -0.4 is 16.6 Å². The van der Waals surface area contributed by atoms with Crippen LogP contribution in [-0.2, 0) is 9.59 Å². The summed E-state index contributed by atoms with van der Waals surface area (Å²) in [5, 5.41) is 8.42. The van der Waals surface area contributed by atoms with Crippen molar-refractivity contribution in [2.24, 2.45) is 5.73 Å². The van der Waals surface area contributed by atoms with Crippen LogP contribution in [0.1, 0.15) is 19.3 Å². The van der Waals surface area contributed by atoms with E-state index in [1.54, 1.807) is 0 Å². The van der Waals surface area contributed by atoms with Gasteiger partial charge in [0.05, 0.1) is 0 Å². The zero-order chi connectivity index (χ0) is 13.5. The first-order valence-electron chi connectivity index (χ1n) is 4.83. The lowest BCUT2D eigenvalue weighted by Gasteiger charge is -2.09. The number of hydrogen-bond acceptors (Lipinski definition) is 4. The molecule has 0 radical (unpaired) electrons. The van der Waals surface area contributed by atoms with Gasteiger partial charge in [0, 0.05) is 6.54 Å². The molecule has 9 heteroatoms. The average molecular weight is 257 g/mol. The Morgan fingerprint density at radius 1 is 1.29 bits per heavy atom. The van der Waals surface area contributed by atoms with Gasteiger partial charge >= 0.3 is 18.1 Å². The summed E-state index contributed by atoms with van der Waals surface area (Å²) in [5.74, 6) is -3.19. The van der Waals surface area contributed by atoms with E-state index in [0.717, 1.165) is 0 Å². The van der Waals surface area contributed by atoms with Crippen molar-refractivity contribution in [3.05, 3.63) is 0 Å². The molecule has 0 spiro atoms. The van der Waals surface area contributed by atoms with Crippen molar-refractivity contribution >= 4 is 11.9 Å². The monoisotopic (exact) mass is 257 g/mol. The van der Waals surface area contributed by atoms with Crippen LogP contribution in [0, 0.1) is 0 Å². The Bertz CT molecular complexity index is 270. The third-order valence-corrected chi connectivity index (χ3v) is 1.84. The van der Waals surface area contributed by atoms with E-state index in [4.69, 9.17) is 10.8 Å². The minimum Gasteiger partial charge on any atom is -0.480 e. The summed E-state index contributed by atoms with van der Waals surface area (Å²) in [5.41, 5.74) is 8.76. The fourth-order valence-corrected chi connectivity index (χ4v) is 0.915. The lowest BCUT2D eigenvalue weighted by Crippen LogP contribution is -2.45. The number of carboxylic acids is 1. The zero-order valence-corrected chi connectivity index (χ0v) is 8.88. The van der Waals surface area contributed by atoms with Gasteiger partial charge in [-0.3, -0.25) is 15.0 Å². The fraction of sp³-hybridized carbons (Fsp3) is 0.750. The number of alkyl halides is 3. The smallest absolute Gasteiger partial charge is 0.472 e. The molecular weight excluding hydrogens is 243 g/mol. The first-order valence-corrected chi connectivity index (χ1v) is 4.83. The SMILES string of the molecule is N[C@@H](CCCCNNC(=O)C(F)(F)F)C(=O)O. The van der Waals surface area contributed by atoms with Gasteiger partial charge in [-0.25, -0.2) is 5.43 Å². The number of carbonyl (C=O) groups is 2. The molecule has 0 aliphatic carbocycles. The third kappa shape index (κ3) is 7.53. The number of unbranched alkanes of at least 4 members (excludes halogenated alkanes) is 1. The highest BCUT2D eigenvalue weighted by atomic mass is 19.4. The molecule has 0 bridgehead atoms. The maximum Gasteiger partial charge on any atom is 0.472 e. The van der Waals surface area contributed by atoms with E-state index in [2.05, 4.69) is 5.43 Å². The summed E-state index contributed by atoms with van der Waals surface area (Å²) in [6.45, 7) is 0.105. The molecule has 0 aliphatic heterocycles. The van der Waals surface area contributed by atoms with Crippen molar-refractivity contribution in [3.63, 3.8) is 0 Å². The van der Waals surface area contributed by atoms with Gasteiger partial charge in [-0.2, -0.15) is 13.2 Å². The molecule has 1 amide bonds. The molecule has 6 nitrogen and oxygen atoms in total. The Labute approximate surface area is 95.3 Å². The van der Waals surface area contributed by atoms with E-state index in [0.29, 0.717) is 12.8 Å². The van der Waals surface area contributed by atoms with Crippen LogP contribution in [-0.4, -0.2) is 35.7 Å². The van der Waals surface area contributed by atoms with E-state index in [1.165, 1.54) is 5.43 Å². The van der Waals surface area contributed by atoms with E-state index in [-0.39, 0.29) is 13.0 Å². The van der Waals surface area contributed by atoms with Gasteiger partial charge in [0.25, 0.3) is 0 Å². The number of carbonyl (C=O) groups excluding carboxylic acids is 1. The van der Waals surface area contributed by atoms with Crippen molar-refractivity contribution in [2.75, 3.05) is 6.54 Å². The molecule has 0 fully saturated rings. The van der Waals surface area contributed by atoms with Crippen LogP contribution in [0.4, 0.5) is 13.2 Å². The molecule has 0 heterocycles. The second-order valence-corrected chi connectivity index (χ2v) is 3.32. The minimum atomic E-state index is -4.92. The van der Waals surface area contributed by atoms with E-state index in [9.17, 15) is 22.8 Å². The number of hydrogen-bond donors (Lipinski definition) is 4. The van der Waals surface area contributed by atoms with Gasteiger partial charge in [0.2, 0.25) is 0 Å². The van der Waals surface area contributed by atoms with E-state index >= 15 is 0 Å². The van der Waals surface area contributed by atoms with Crippen LogP contribution >= 0.6 is 0 Å². The lowest BCUT2D eigenvalue weighted by atomic mass is 10.1. The summed E-state index contributed by atoms with van der Waals surface area (Å²) in [6.07, 6.45) is -3.86. The molecule has 100 valence electrons. The van der Waals surface area contributed by atoms with Crippen molar-refractivity contribution in [1.82, 2.24) is 10.9 Å². The number of aliphatic carboxylic acids is 1. The van der Waals surface area contributed by atoms with Gasteiger partial charge in [-0.15, -0.1) is 0 Å². The third-order valence-electron chi connectivity index (χ3n) is 1.84. The second kappa shape index (κ2) is 7.07. The number of amides is 1. The standard InChI is InChI=1S/C8H14F3N3O3/c9-8(10,11)7(17)14-13-4-2-1-3-5(12)6(15)16/h5,13H,1-4,12H2,(H,14,17)(H,15,16)/t5-/m0/s1. The Morgan fingerprint density at radius 3 is 2.35 bits per heavy atom. The first-order chi connectivity index (χ1) is 7.75. The largest absolute Gasteiger partial charge is 0.480 e. The topological polar surface area (TPSA) is 104 Å². The van der Waals surface area contributed by atoms with Crippen molar-refractivity contribution in [3.8, 4) is 0 Å². The van der Waals surface area contributed by atoms with Crippen LogP contribution in [0.5, 0.6) is 0 Å². The first kappa shape index (κ1) is 15.7. The van der Waals surface area contributed by atoms with E-state index < -0.39 is 24.1 Å². The fourth-order valence-electron chi connectivity index (χ4n) is 0.915. The van der Waals surface area contributed by atoms with Crippen LogP contribution in [0.15, 0.2) is 0 Å². The highest BCUT2D eigenvalue weighted by Crippen LogP contribution is 2.13. The van der Waals surface area contributed by atoms with Gasteiger partial charge in [0.1, 0.15) is 6.04 Å². The Kier molecular flexibility index (Phi) is 6.51. The number of nitrogens with one attached hydrogen (secondary N) is 2. The van der Waals surface area contributed by atoms with Gasteiger partial charge < -0.3 is 10.8 Å². The van der Waals surface area contributed by atoms with Crippen molar-refractivity contribution in [1.29, 1.82) is 0 Å². The molecule has 0 unspecified atom stereocenters. The lowest BCUT2D eigenvalue weighted by molar-refractivity contribution is -0.174. The molecule has 0 aliphatic rings. The zero-order valence-electron chi connectivity index (χ0n) is 8.88. The number of halogens is 3. The molecular formula is C8H14F3N3O3. The molecule has 5 N–H and O–H groups in total. The molecule has 0 saturated carbocycles. The highest BCUT2D eigenvalue weighted by molar-refractivity contribution is 5.81. The van der Waals surface area contributed by atoms with Gasteiger partial charge in [-0.05, 0) is 19.3 Å². The predicted octanol–water partition coefficient (Wildman–Crippen LogP) is -0.248. The summed E-state index contributed by atoms with van der Waals surface area (Å²) >= 11 is 0. The summed E-state index contributed by atoms with van der Waals surface area (Å²) in [7, 11) is 0. The Morgan fingerprint density at radius 2 is 1.88 bits per heavy atom. The molecule has 0 aromatic heterocycles. The normalized spacial score (nSPS) is 13.2. The van der Waals surface area contributed by atoms with Crippen LogP contribution in [0.3, 0.4) is 0 Å². The number of nitrogens with two attached hydrogens (primary N) is 1. The number of rotatable bonds is 7. The Balaban J connectivity index is 3.48. The minimum absolute atomic E-state index is 0.105. The summed E-state index contributed by atoms with van der Waals surface area (Å²) in [6, 6.07) is -0.972. The molecule has 0 rings (SSSR count). The molecule has 0 aromatic rings. The maximum atomic E-state index is 11.7. The summed E-state index contributed by atoms with van der Waals surface area (Å²) in [4.78, 5) is 20.6. The number of hydrazine groups is 1. The predicted molar refractivity (Wildman–Crippen MR) is 51.7 cm³/mol. The quantitative estimate of drug-likeness (QED) is 0.372. The Hall–Kier alpha value is -1.35. The highest BCUT2D eigenvalue weighted by Gasteiger charge is 2.38. The molecule has 17 heavy (non-hydrogen) atoms. The van der Waals surface area contributed by atoms with Crippen LogP contribution in [0.25, 0.3) is 0 Å². The van der Waals surface area contributed by atoms with Gasteiger partial charge in [-0.1, -0.05) is 0 Å². The summed E-state index contributed by atoms with van der Waals surface area (Å²) < 4.78 is 35.1. The molecule has 1 atom stereocenters. The van der Waals surface area contributed by atoms with Gasteiger partial charge in [0.15, 0.2) is 0 Å². The molecule has 0 aromatic carbocycles. The second-order valence-electron chi connectivity index (χ2n) is 3.32. The average Bonchev–Trinajstić information content (AvgIpc) is 2.20.